The van der Waals surface area contributed by atoms with Crippen LogP contribution in [0, 0.1) is 20.8 Å². The molecule has 0 unspecified atom stereocenters. The Bertz CT molecular complexity index is 1300. The van der Waals surface area contributed by atoms with Crippen LogP contribution in [-0.4, -0.2) is 19.6 Å². The highest BCUT2D eigenvalue weighted by Gasteiger charge is 2.42. The first-order valence-corrected chi connectivity index (χ1v) is 12.0. The van der Waals surface area contributed by atoms with Crippen LogP contribution in [0.3, 0.4) is 0 Å². The quantitative estimate of drug-likeness (QED) is 0.329. The summed E-state index contributed by atoms with van der Waals surface area (Å²) in [5, 5.41) is 4.23. The van der Waals surface area contributed by atoms with Crippen molar-refractivity contribution in [3.63, 3.8) is 0 Å². The molecule has 2 atom stereocenters. The molecule has 1 aliphatic rings. The molecule has 0 spiro atoms. The average Bonchev–Trinajstić information content (AvgIpc) is 3.31. The van der Waals surface area contributed by atoms with E-state index in [1.54, 1.807) is 0 Å². The molecule has 7 heteroatoms. The topological polar surface area (TPSA) is 46.0 Å². The predicted molar refractivity (Wildman–Crippen MR) is 140 cm³/mol. The van der Waals surface area contributed by atoms with Crippen LogP contribution in [0.5, 0.6) is 0 Å². The van der Waals surface area contributed by atoms with E-state index in [9.17, 15) is 0 Å². The van der Waals surface area contributed by atoms with Crippen LogP contribution in [0.4, 0.5) is 5.69 Å². The molecule has 0 radical (unpaired) electrons. The van der Waals surface area contributed by atoms with Crippen molar-refractivity contribution in [2.24, 2.45) is 0 Å². The van der Waals surface area contributed by atoms with Crippen LogP contribution < -0.4 is 10.2 Å². The van der Waals surface area contributed by atoms with Crippen molar-refractivity contribution >= 4 is 38.9 Å². The molecule has 1 N–H and O–H groups in total. The third kappa shape index (κ3) is 3.96. The Morgan fingerprint density at radius 2 is 1.76 bits per heavy atom. The molecular weight excluding hydrogens is 494 g/mol. The van der Waals surface area contributed by atoms with Gasteiger partial charge in [-0.3, -0.25) is 4.98 Å². The van der Waals surface area contributed by atoms with Gasteiger partial charge in [0.15, 0.2) is 5.11 Å². The van der Waals surface area contributed by atoms with Crippen molar-refractivity contribution in [2.45, 2.75) is 32.9 Å². The number of benzene rings is 1. The van der Waals surface area contributed by atoms with Crippen molar-refractivity contribution in [1.29, 1.82) is 0 Å². The van der Waals surface area contributed by atoms with Gasteiger partial charge in [-0.2, -0.15) is 0 Å². The van der Waals surface area contributed by atoms with E-state index in [2.05, 4.69) is 97.9 Å². The third-order valence-electron chi connectivity index (χ3n) is 6.12. The number of nitrogens with one attached hydrogen (secondary N) is 1. The largest absolute Gasteiger partial charge is 0.351 e. The van der Waals surface area contributed by atoms with E-state index in [1.165, 1.54) is 5.56 Å². The van der Waals surface area contributed by atoms with E-state index in [0.29, 0.717) is 5.11 Å². The number of hydrogen-bond donors (Lipinski definition) is 1. The summed E-state index contributed by atoms with van der Waals surface area (Å²) in [6, 6.07) is 20.6. The Morgan fingerprint density at radius 1 is 0.970 bits per heavy atom. The first-order valence-electron chi connectivity index (χ1n) is 10.8. The summed E-state index contributed by atoms with van der Waals surface area (Å²) in [5.41, 5.74) is 6.61. The minimum absolute atomic E-state index is 0.0565. The van der Waals surface area contributed by atoms with E-state index in [-0.39, 0.29) is 12.1 Å². The Labute approximate surface area is 207 Å². The molecule has 0 amide bonds. The smallest absolute Gasteiger partial charge is 0.174 e. The van der Waals surface area contributed by atoms with Crippen molar-refractivity contribution in [1.82, 2.24) is 19.9 Å². The van der Waals surface area contributed by atoms with Gasteiger partial charge in [0.2, 0.25) is 0 Å². The maximum Gasteiger partial charge on any atom is 0.174 e. The number of aryl methyl sites for hydroxylation is 2. The minimum atomic E-state index is -0.0812. The zero-order valence-corrected chi connectivity index (χ0v) is 21.1. The number of aromatic nitrogens is 3. The lowest BCUT2D eigenvalue weighted by atomic mass is 9.96. The first-order chi connectivity index (χ1) is 15.9. The lowest BCUT2D eigenvalue weighted by molar-refractivity contribution is 0.565. The van der Waals surface area contributed by atoms with Crippen LogP contribution >= 0.6 is 28.1 Å². The Morgan fingerprint density at radius 3 is 2.42 bits per heavy atom. The molecule has 1 saturated heterocycles. The molecule has 1 aromatic carbocycles. The number of anilines is 1. The lowest BCUT2D eigenvalue weighted by Crippen LogP contribution is -2.29. The highest BCUT2D eigenvalue weighted by molar-refractivity contribution is 9.10. The predicted octanol–water partition coefficient (Wildman–Crippen LogP) is 6.13. The van der Waals surface area contributed by atoms with E-state index in [1.807, 2.05) is 36.7 Å². The van der Waals surface area contributed by atoms with Gasteiger partial charge in [-0.05, 0) is 92.6 Å². The van der Waals surface area contributed by atoms with Crippen LogP contribution in [0.25, 0.3) is 5.82 Å². The lowest BCUT2D eigenvalue weighted by Gasteiger charge is -2.28. The van der Waals surface area contributed by atoms with Gasteiger partial charge in [-0.25, -0.2) is 4.98 Å². The summed E-state index contributed by atoms with van der Waals surface area (Å²) < 4.78 is 3.25. The van der Waals surface area contributed by atoms with Gasteiger partial charge in [0.1, 0.15) is 5.82 Å². The van der Waals surface area contributed by atoms with Crippen LogP contribution in [-0.2, 0) is 0 Å². The van der Waals surface area contributed by atoms with Gasteiger partial charge >= 0.3 is 0 Å². The summed E-state index contributed by atoms with van der Waals surface area (Å²) in [5.74, 6) is 0.917. The summed E-state index contributed by atoms with van der Waals surface area (Å²) >= 11 is 9.40. The molecule has 1 aliphatic heterocycles. The summed E-state index contributed by atoms with van der Waals surface area (Å²) in [6.07, 6.45) is 3.74. The Balaban J connectivity index is 1.67. The fraction of sp³-hybridized carbons (Fsp3) is 0.192. The maximum atomic E-state index is 5.86. The monoisotopic (exact) mass is 517 g/mol. The number of halogens is 1. The fourth-order valence-electron chi connectivity index (χ4n) is 4.58. The second-order valence-corrected chi connectivity index (χ2v) is 9.63. The van der Waals surface area contributed by atoms with Gasteiger partial charge in [0.25, 0.3) is 0 Å². The van der Waals surface area contributed by atoms with Crippen molar-refractivity contribution < 1.29 is 0 Å². The molecule has 5 nitrogen and oxygen atoms in total. The van der Waals surface area contributed by atoms with E-state index in [0.717, 1.165) is 38.6 Å². The van der Waals surface area contributed by atoms with Crippen molar-refractivity contribution in [3.8, 4) is 5.82 Å². The van der Waals surface area contributed by atoms with Gasteiger partial charge in [0, 0.05) is 33.9 Å². The maximum absolute atomic E-state index is 5.86. The normalized spacial score (nSPS) is 17.9. The summed E-state index contributed by atoms with van der Waals surface area (Å²) in [6.45, 7) is 6.33. The van der Waals surface area contributed by atoms with Gasteiger partial charge in [-0.15, -0.1) is 0 Å². The summed E-state index contributed by atoms with van der Waals surface area (Å²) in [4.78, 5) is 11.5. The first kappa shape index (κ1) is 21.8. The number of thiocarbonyl (C=S) groups is 1. The van der Waals surface area contributed by atoms with E-state index < -0.39 is 0 Å². The number of pyridine rings is 2. The molecule has 0 bridgehead atoms. The SMILES string of the molecule is Cc1ccc(-n2c(C)cc([C@@H]3[C@H](c4ccccn4)NC(=S)N3c3ccc(Br)cc3)c2C)nc1. The minimum Gasteiger partial charge on any atom is -0.351 e. The molecule has 1 fully saturated rings. The summed E-state index contributed by atoms with van der Waals surface area (Å²) in [7, 11) is 0. The molecule has 5 rings (SSSR count). The third-order valence-corrected chi connectivity index (χ3v) is 6.96. The molecule has 4 aromatic rings. The van der Waals surface area contributed by atoms with Crippen molar-refractivity contribution in [2.75, 3.05) is 4.90 Å². The molecule has 0 saturated carbocycles. The zero-order valence-electron chi connectivity index (χ0n) is 18.7. The number of nitrogens with zero attached hydrogens (tertiary/aromatic N) is 4. The Kier molecular flexibility index (Phi) is 5.76. The number of rotatable bonds is 4. The van der Waals surface area contributed by atoms with Crippen LogP contribution in [0.1, 0.15) is 40.3 Å². The number of hydrogen-bond acceptors (Lipinski definition) is 3. The molecule has 4 heterocycles. The fourth-order valence-corrected chi connectivity index (χ4v) is 5.19. The van der Waals surface area contributed by atoms with Gasteiger partial charge in [-0.1, -0.05) is 28.1 Å². The standard InChI is InChI=1S/C26H24BrN5S/c1-16-7-12-23(29-15-16)31-17(2)14-21(18(31)3)25-24(22-6-4-5-13-28-22)30-26(33)32(25)20-10-8-19(27)9-11-20/h4-15,24-25H,1-3H3,(H,30,33)/t24-,25+/m0/s1. The van der Waals surface area contributed by atoms with E-state index in [4.69, 9.17) is 12.2 Å². The van der Waals surface area contributed by atoms with E-state index >= 15 is 0 Å². The highest BCUT2D eigenvalue weighted by Crippen LogP contribution is 2.43. The van der Waals surface area contributed by atoms with Crippen LogP contribution in [0.2, 0.25) is 0 Å². The molecule has 166 valence electrons. The zero-order chi connectivity index (χ0) is 23.1. The average molecular weight is 518 g/mol. The molecule has 3 aromatic heterocycles. The van der Waals surface area contributed by atoms with Gasteiger partial charge in [0.05, 0.1) is 17.8 Å². The Hall–Kier alpha value is -3.03. The molecule has 0 aliphatic carbocycles. The van der Waals surface area contributed by atoms with Crippen molar-refractivity contribution in [3.05, 3.63) is 106 Å². The van der Waals surface area contributed by atoms with Gasteiger partial charge < -0.3 is 14.8 Å². The highest BCUT2D eigenvalue weighted by atomic mass is 79.9. The molecule has 33 heavy (non-hydrogen) atoms. The second kappa shape index (κ2) is 8.72. The van der Waals surface area contributed by atoms with Crippen LogP contribution in [0.15, 0.2) is 77.5 Å². The molecular formula is C26H24BrN5S. The second-order valence-electron chi connectivity index (χ2n) is 8.33.